The summed E-state index contributed by atoms with van der Waals surface area (Å²) in [7, 11) is -7.20. The van der Waals surface area contributed by atoms with E-state index in [1.54, 1.807) is 6.92 Å². The fraction of sp³-hybridized carbons (Fsp3) is 0.455. The van der Waals surface area contributed by atoms with Crippen molar-refractivity contribution in [3.05, 3.63) is 47.3 Å². The maximum Gasteiger partial charge on any atom is 0.409 e. The van der Waals surface area contributed by atoms with Gasteiger partial charge >= 0.3 is 6.09 Å². The Morgan fingerprint density at radius 1 is 1.16 bits per heavy atom. The molecule has 1 aliphatic heterocycles. The molecule has 2 N–H and O–H groups in total. The Labute approximate surface area is 219 Å². The summed E-state index contributed by atoms with van der Waals surface area (Å²) < 4.78 is 91.1. The number of ether oxygens (including phenoxy) is 1. The normalized spacial score (nSPS) is 18.0. The van der Waals surface area contributed by atoms with Gasteiger partial charge in [-0.05, 0) is 37.6 Å². The van der Waals surface area contributed by atoms with Crippen LogP contribution >= 0.6 is 0 Å². The molecule has 2 unspecified atom stereocenters. The number of hydrogen-bond acceptors (Lipinski definition) is 8. The van der Waals surface area contributed by atoms with Gasteiger partial charge in [0.25, 0.3) is 16.0 Å². The van der Waals surface area contributed by atoms with Crippen molar-refractivity contribution in [1.82, 2.24) is 14.2 Å². The third-order valence-corrected chi connectivity index (χ3v) is 7.82. The van der Waals surface area contributed by atoms with Crippen LogP contribution in [0, 0.1) is 24.5 Å². The number of benzene rings is 1. The lowest BCUT2D eigenvalue weighted by atomic mass is 10.1. The molecule has 1 aliphatic rings. The van der Waals surface area contributed by atoms with E-state index >= 15 is 4.39 Å². The zero-order valence-electron chi connectivity index (χ0n) is 21.0. The number of sulfonamides is 1. The predicted molar refractivity (Wildman–Crippen MR) is 131 cm³/mol. The first kappa shape index (κ1) is 29.5. The van der Waals surface area contributed by atoms with Crippen molar-refractivity contribution in [1.29, 1.82) is 0 Å². The van der Waals surface area contributed by atoms with Gasteiger partial charge in [0, 0.05) is 44.0 Å². The van der Waals surface area contributed by atoms with Crippen LogP contribution in [-0.4, -0.2) is 76.9 Å². The average molecular weight is 579 g/mol. The fourth-order valence-electron chi connectivity index (χ4n) is 3.94. The number of amides is 2. The Morgan fingerprint density at radius 3 is 2.45 bits per heavy atom. The third kappa shape index (κ3) is 6.86. The zero-order valence-corrected chi connectivity index (χ0v) is 22.7. The molecular weight excluding hydrogens is 550 g/mol. The molecule has 2 atom stereocenters. The molecular formula is C22H28F2N4O8S2. The Balaban J connectivity index is 1.84. The standard InChI is InChI=1S/C22H28F2N4O8S2/c1-5-35-22(30)28-9-14(12-36-37(4,31)32)17(10-28)26-38(33,34)18-11-27(3)20(19(18)24)21(29)25-15-6-7-16(23)13(2)8-15/h6-8,11,14,17,26H,5,9-10,12H2,1-4H3,(H,25,29). The molecule has 2 aromatic rings. The van der Waals surface area contributed by atoms with Crippen LogP contribution < -0.4 is 10.0 Å². The number of anilines is 1. The Hall–Kier alpha value is -3.08. The van der Waals surface area contributed by atoms with Gasteiger partial charge in [-0.1, -0.05) is 0 Å². The molecule has 3 rings (SSSR count). The minimum atomic E-state index is -4.60. The largest absolute Gasteiger partial charge is 0.450 e. The zero-order chi connectivity index (χ0) is 28.4. The van der Waals surface area contributed by atoms with Gasteiger partial charge in [0.2, 0.25) is 10.0 Å². The highest BCUT2D eigenvalue weighted by Gasteiger charge is 2.40. The molecule has 16 heteroatoms. The van der Waals surface area contributed by atoms with Crippen LogP contribution in [0.15, 0.2) is 29.3 Å². The van der Waals surface area contributed by atoms with E-state index in [1.807, 2.05) is 0 Å². The van der Waals surface area contributed by atoms with E-state index in [0.29, 0.717) is 0 Å². The van der Waals surface area contributed by atoms with E-state index in [1.165, 1.54) is 31.0 Å². The topological polar surface area (TPSA) is 153 Å². The molecule has 0 aliphatic carbocycles. The number of aromatic nitrogens is 1. The van der Waals surface area contributed by atoms with Crippen molar-refractivity contribution in [2.24, 2.45) is 13.0 Å². The number of carbonyl (C=O) groups excluding carboxylic acids is 2. The van der Waals surface area contributed by atoms with Gasteiger partial charge < -0.3 is 19.5 Å². The van der Waals surface area contributed by atoms with Crippen molar-refractivity contribution in [3.63, 3.8) is 0 Å². The first-order valence-electron chi connectivity index (χ1n) is 11.3. The molecule has 2 amide bonds. The first-order chi connectivity index (χ1) is 17.6. The van der Waals surface area contributed by atoms with Gasteiger partial charge in [-0.25, -0.2) is 26.7 Å². The molecule has 1 aromatic heterocycles. The van der Waals surface area contributed by atoms with Crippen molar-refractivity contribution in [3.8, 4) is 0 Å². The van der Waals surface area contributed by atoms with Crippen LogP contribution in [0.2, 0.25) is 0 Å². The second-order valence-electron chi connectivity index (χ2n) is 8.77. The van der Waals surface area contributed by atoms with Crippen LogP contribution in [0.5, 0.6) is 0 Å². The van der Waals surface area contributed by atoms with E-state index in [4.69, 9.17) is 8.92 Å². The van der Waals surface area contributed by atoms with Crippen molar-refractivity contribution < 1.29 is 44.1 Å². The Kier molecular flexibility index (Phi) is 8.80. The molecule has 210 valence electrons. The summed E-state index contributed by atoms with van der Waals surface area (Å²) in [6.45, 7) is 2.41. The van der Waals surface area contributed by atoms with E-state index in [2.05, 4.69) is 10.0 Å². The highest BCUT2D eigenvalue weighted by molar-refractivity contribution is 7.89. The van der Waals surface area contributed by atoms with Crippen LogP contribution in [0.4, 0.5) is 19.3 Å². The van der Waals surface area contributed by atoms with E-state index in [0.717, 1.165) is 23.1 Å². The molecule has 1 fully saturated rings. The molecule has 0 spiro atoms. The quantitative estimate of drug-likeness (QED) is 0.426. The summed E-state index contributed by atoms with van der Waals surface area (Å²) in [4.78, 5) is 25.3. The number of nitrogens with zero attached hydrogens (tertiary/aromatic N) is 2. The molecule has 0 saturated carbocycles. The lowest BCUT2D eigenvalue weighted by molar-refractivity contribution is 0.101. The van der Waals surface area contributed by atoms with Crippen molar-refractivity contribution in [2.45, 2.75) is 24.8 Å². The number of halogens is 2. The van der Waals surface area contributed by atoms with E-state index in [-0.39, 0.29) is 30.9 Å². The highest BCUT2D eigenvalue weighted by Crippen LogP contribution is 2.25. The molecule has 1 saturated heterocycles. The number of likely N-dealkylation sites (tertiary alicyclic amines) is 1. The van der Waals surface area contributed by atoms with Gasteiger partial charge in [-0.15, -0.1) is 0 Å². The van der Waals surface area contributed by atoms with Crippen molar-refractivity contribution in [2.75, 3.05) is 37.9 Å². The van der Waals surface area contributed by atoms with Gasteiger partial charge in [-0.3, -0.25) is 8.98 Å². The maximum absolute atomic E-state index is 15.3. The first-order valence-corrected chi connectivity index (χ1v) is 14.6. The monoisotopic (exact) mass is 578 g/mol. The summed E-state index contributed by atoms with van der Waals surface area (Å²) in [6.07, 6.45) is 0.992. The second-order valence-corrected chi connectivity index (χ2v) is 12.1. The van der Waals surface area contributed by atoms with E-state index < -0.39 is 72.9 Å². The molecule has 38 heavy (non-hydrogen) atoms. The van der Waals surface area contributed by atoms with Gasteiger partial charge in [-0.2, -0.15) is 8.42 Å². The summed E-state index contributed by atoms with van der Waals surface area (Å²) in [5, 5.41) is 2.40. The summed E-state index contributed by atoms with van der Waals surface area (Å²) in [6, 6.07) is 2.68. The van der Waals surface area contributed by atoms with Crippen LogP contribution in [-0.2, 0) is 36.1 Å². The Morgan fingerprint density at radius 2 is 1.84 bits per heavy atom. The molecule has 12 nitrogen and oxygen atoms in total. The van der Waals surface area contributed by atoms with Gasteiger partial charge in [0.05, 0.1) is 19.5 Å². The fourth-order valence-corrected chi connectivity index (χ4v) is 5.78. The SMILES string of the molecule is CCOC(=O)N1CC(COS(C)(=O)=O)C(NS(=O)(=O)c2cn(C)c(C(=O)Nc3ccc(F)c(C)c3)c2F)C1. The van der Waals surface area contributed by atoms with Gasteiger partial charge in [0.15, 0.2) is 5.82 Å². The minimum Gasteiger partial charge on any atom is -0.450 e. The Bertz CT molecular complexity index is 1440. The summed E-state index contributed by atoms with van der Waals surface area (Å²) >= 11 is 0. The number of rotatable bonds is 9. The maximum atomic E-state index is 15.3. The predicted octanol–water partition coefficient (Wildman–Crippen LogP) is 1.58. The molecule has 0 radical (unpaired) electrons. The lowest BCUT2D eigenvalue weighted by Gasteiger charge is -2.18. The number of carbonyl (C=O) groups is 2. The minimum absolute atomic E-state index is 0.0633. The van der Waals surface area contributed by atoms with Gasteiger partial charge in [0.1, 0.15) is 16.4 Å². The number of aryl methyl sites for hydroxylation is 2. The second kappa shape index (κ2) is 11.3. The average Bonchev–Trinajstić information content (AvgIpc) is 3.34. The highest BCUT2D eigenvalue weighted by atomic mass is 32.2. The summed E-state index contributed by atoms with van der Waals surface area (Å²) in [5.74, 6) is -3.60. The smallest absolute Gasteiger partial charge is 0.409 e. The molecule has 0 bridgehead atoms. The lowest BCUT2D eigenvalue weighted by Crippen LogP contribution is -2.42. The summed E-state index contributed by atoms with van der Waals surface area (Å²) in [5.41, 5.74) is -0.176. The van der Waals surface area contributed by atoms with E-state index in [9.17, 15) is 30.8 Å². The van der Waals surface area contributed by atoms with Crippen LogP contribution in [0.25, 0.3) is 0 Å². The van der Waals surface area contributed by atoms with Crippen LogP contribution in [0.1, 0.15) is 23.0 Å². The van der Waals surface area contributed by atoms with Crippen molar-refractivity contribution >= 4 is 37.8 Å². The van der Waals surface area contributed by atoms with Crippen LogP contribution in [0.3, 0.4) is 0 Å². The molecule has 1 aromatic carbocycles. The molecule has 2 heterocycles. The number of nitrogens with one attached hydrogen (secondary N) is 2. The number of hydrogen-bond donors (Lipinski definition) is 2. The third-order valence-electron chi connectivity index (χ3n) is 5.78.